The Bertz CT molecular complexity index is 594. The fourth-order valence-corrected chi connectivity index (χ4v) is 2.55. The molecule has 0 bridgehead atoms. The van der Waals surface area contributed by atoms with Crippen LogP contribution in [-0.4, -0.2) is 9.97 Å². The number of halogens is 1. The molecule has 94 valence electrons. The molecule has 4 heteroatoms. The van der Waals surface area contributed by atoms with E-state index >= 15 is 0 Å². The van der Waals surface area contributed by atoms with Gasteiger partial charge in [0.2, 0.25) is 0 Å². The highest BCUT2D eigenvalue weighted by Gasteiger charge is 2.11. The summed E-state index contributed by atoms with van der Waals surface area (Å²) >= 11 is 2.20. The molecule has 2 rings (SSSR count). The molecule has 2 aromatic rings. The Kier molecular flexibility index (Phi) is 3.85. The monoisotopic (exact) mass is 353 g/mol. The van der Waals surface area contributed by atoms with Crippen molar-refractivity contribution in [2.45, 2.75) is 27.2 Å². The summed E-state index contributed by atoms with van der Waals surface area (Å²) in [6.45, 7) is 6.23. The summed E-state index contributed by atoms with van der Waals surface area (Å²) < 4.78 is 0.962. The summed E-state index contributed by atoms with van der Waals surface area (Å²) in [4.78, 5) is 9.01. The van der Waals surface area contributed by atoms with Crippen molar-refractivity contribution < 1.29 is 0 Å². The normalized spacial score (nSPS) is 10.7. The number of hydrogen-bond acceptors (Lipinski definition) is 3. The number of aryl methyl sites for hydroxylation is 3. The highest BCUT2D eigenvalue weighted by molar-refractivity contribution is 14.1. The summed E-state index contributed by atoms with van der Waals surface area (Å²) in [6, 6.07) is 6.27. The van der Waals surface area contributed by atoms with Crippen molar-refractivity contribution in [3.63, 3.8) is 0 Å². The lowest BCUT2D eigenvalue weighted by molar-refractivity contribution is 0.993. The molecule has 0 atom stereocenters. The maximum atomic E-state index is 5.96. The SMILES string of the molecule is CCc1nc(-c2ccc(C)cc2C)nc(N)c1I. The second-order valence-corrected chi connectivity index (χ2v) is 5.44. The van der Waals surface area contributed by atoms with Gasteiger partial charge >= 0.3 is 0 Å². The Morgan fingerprint density at radius 1 is 1.22 bits per heavy atom. The third kappa shape index (κ3) is 2.48. The van der Waals surface area contributed by atoms with Crippen molar-refractivity contribution in [1.29, 1.82) is 0 Å². The fraction of sp³-hybridized carbons (Fsp3) is 0.286. The van der Waals surface area contributed by atoms with Gasteiger partial charge in [0, 0.05) is 5.56 Å². The van der Waals surface area contributed by atoms with E-state index in [4.69, 9.17) is 5.73 Å². The van der Waals surface area contributed by atoms with E-state index in [-0.39, 0.29) is 0 Å². The van der Waals surface area contributed by atoms with Gasteiger partial charge in [0.05, 0.1) is 9.26 Å². The molecule has 3 nitrogen and oxygen atoms in total. The van der Waals surface area contributed by atoms with E-state index in [0.29, 0.717) is 5.82 Å². The van der Waals surface area contributed by atoms with Crippen molar-refractivity contribution in [3.05, 3.63) is 38.6 Å². The zero-order valence-corrected chi connectivity index (χ0v) is 12.9. The number of hydrogen-bond donors (Lipinski definition) is 1. The Balaban J connectivity index is 2.60. The molecule has 0 saturated heterocycles. The lowest BCUT2D eigenvalue weighted by atomic mass is 10.1. The molecule has 0 unspecified atom stereocenters. The molecule has 0 aliphatic heterocycles. The van der Waals surface area contributed by atoms with Gasteiger partial charge < -0.3 is 5.73 Å². The van der Waals surface area contributed by atoms with Gasteiger partial charge in [0.1, 0.15) is 5.82 Å². The third-order valence-electron chi connectivity index (χ3n) is 2.90. The van der Waals surface area contributed by atoms with Crippen LogP contribution in [0.3, 0.4) is 0 Å². The van der Waals surface area contributed by atoms with Crippen LogP contribution in [0.5, 0.6) is 0 Å². The van der Waals surface area contributed by atoms with Crippen molar-refractivity contribution >= 4 is 28.4 Å². The van der Waals surface area contributed by atoms with Gasteiger partial charge in [-0.3, -0.25) is 0 Å². The van der Waals surface area contributed by atoms with E-state index in [9.17, 15) is 0 Å². The van der Waals surface area contributed by atoms with Crippen LogP contribution in [0, 0.1) is 17.4 Å². The first-order valence-electron chi connectivity index (χ1n) is 5.92. The van der Waals surface area contributed by atoms with Gasteiger partial charge in [-0.05, 0) is 48.4 Å². The lowest BCUT2D eigenvalue weighted by Gasteiger charge is -2.10. The number of rotatable bonds is 2. The maximum Gasteiger partial charge on any atom is 0.162 e. The van der Waals surface area contributed by atoms with Gasteiger partial charge in [-0.25, -0.2) is 9.97 Å². The van der Waals surface area contributed by atoms with Gasteiger partial charge in [-0.15, -0.1) is 0 Å². The number of anilines is 1. The largest absolute Gasteiger partial charge is 0.383 e. The van der Waals surface area contributed by atoms with E-state index in [0.717, 1.165) is 27.1 Å². The maximum absolute atomic E-state index is 5.96. The average molecular weight is 353 g/mol. The predicted molar refractivity (Wildman–Crippen MR) is 83.4 cm³/mol. The molecule has 0 spiro atoms. The third-order valence-corrected chi connectivity index (χ3v) is 4.08. The molecule has 0 amide bonds. The molecule has 1 aromatic carbocycles. The molecule has 2 N–H and O–H groups in total. The fourth-order valence-electron chi connectivity index (χ4n) is 1.93. The standard InChI is InChI=1S/C14H16IN3/c1-4-11-12(15)13(16)18-14(17-11)10-6-5-8(2)7-9(10)3/h5-7H,4H2,1-3H3,(H2,16,17,18). The zero-order chi connectivity index (χ0) is 13.3. The smallest absolute Gasteiger partial charge is 0.162 e. The van der Waals surface area contributed by atoms with Crippen molar-refractivity contribution in [2.75, 3.05) is 5.73 Å². The zero-order valence-electron chi connectivity index (χ0n) is 10.8. The van der Waals surface area contributed by atoms with Gasteiger partial charge in [0.15, 0.2) is 5.82 Å². The molecule has 0 aliphatic carbocycles. The number of nitrogen functional groups attached to an aromatic ring is 1. The molecular formula is C14H16IN3. The van der Waals surface area contributed by atoms with Gasteiger partial charge in [0.25, 0.3) is 0 Å². The van der Waals surface area contributed by atoms with Crippen molar-refractivity contribution in [2.24, 2.45) is 0 Å². The van der Waals surface area contributed by atoms with E-state index in [1.165, 1.54) is 11.1 Å². The summed E-state index contributed by atoms with van der Waals surface area (Å²) in [5.74, 6) is 1.29. The first kappa shape index (κ1) is 13.3. The van der Waals surface area contributed by atoms with Gasteiger partial charge in [-0.1, -0.05) is 30.7 Å². The Morgan fingerprint density at radius 3 is 2.56 bits per heavy atom. The van der Waals surface area contributed by atoms with Crippen LogP contribution in [-0.2, 0) is 6.42 Å². The molecule has 1 aromatic heterocycles. The topological polar surface area (TPSA) is 51.8 Å². The summed E-state index contributed by atoms with van der Waals surface area (Å²) in [7, 11) is 0. The van der Waals surface area contributed by atoms with E-state index in [2.05, 4.69) is 71.5 Å². The van der Waals surface area contributed by atoms with E-state index in [1.807, 2.05) is 0 Å². The lowest BCUT2D eigenvalue weighted by Crippen LogP contribution is -2.04. The van der Waals surface area contributed by atoms with E-state index < -0.39 is 0 Å². The van der Waals surface area contributed by atoms with Crippen molar-refractivity contribution in [1.82, 2.24) is 9.97 Å². The van der Waals surface area contributed by atoms with Crippen LogP contribution >= 0.6 is 22.6 Å². The minimum atomic E-state index is 0.567. The highest BCUT2D eigenvalue weighted by Crippen LogP contribution is 2.25. The van der Waals surface area contributed by atoms with Crippen LogP contribution in [0.15, 0.2) is 18.2 Å². The van der Waals surface area contributed by atoms with Gasteiger partial charge in [-0.2, -0.15) is 0 Å². The quantitative estimate of drug-likeness (QED) is 0.841. The molecule has 18 heavy (non-hydrogen) atoms. The number of nitrogens with two attached hydrogens (primary N) is 1. The van der Waals surface area contributed by atoms with Crippen molar-refractivity contribution in [3.8, 4) is 11.4 Å². The second kappa shape index (κ2) is 5.22. The van der Waals surface area contributed by atoms with Crippen LogP contribution in [0.4, 0.5) is 5.82 Å². The number of benzene rings is 1. The molecular weight excluding hydrogens is 337 g/mol. The first-order chi connectivity index (χ1) is 8.52. The minimum Gasteiger partial charge on any atom is -0.383 e. The second-order valence-electron chi connectivity index (χ2n) is 4.37. The Labute approximate surface area is 121 Å². The highest BCUT2D eigenvalue weighted by atomic mass is 127. The van der Waals surface area contributed by atoms with Crippen LogP contribution < -0.4 is 5.73 Å². The number of aromatic nitrogens is 2. The minimum absolute atomic E-state index is 0.567. The van der Waals surface area contributed by atoms with E-state index in [1.54, 1.807) is 0 Å². The van der Waals surface area contributed by atoms with Crippen LogP contribution in [0.2, 0.25) is 0 Å². The Hall–Kier alpha value is -1.17. The predicted octanol–water partition coefficient (Wildman–Crippen LogP) is 3.51. The molecule has 0 saturated carbocycles. The summed E-state index contributed by atoms with van der Waals surface area (Å²) in [6.07, 6.45) is 0.864. The molecule has 0 radical (unpaired) electrons. The molecule has 0 aliphatic rings. The first-order valence-corrected chi connectivity index (χ1v) is 7.00. The van der Waals surface area contributed by atoms with Crippen LogP contribution in [0.1, 0.15) is 23.7 Å². The Morgan fingerprint density at radius 2 is 1.94 bits per heavy atom. The molecule has 0 fully saturated rings. The average Bonchev–Trinajstić information content (AvgIpc) is 2.32. The van der Waals surface area contributed by atoms with Crippen LogP contribution in [0.25, 0.3) is 11.4 Å². The number of nitrogens with zero attached hydrogens (tertiary/aromatic N) is 2. The summed E-state index contributed by atoms with van der Waals surface area (Å²) in [5, 5.41) is 0. The molecule has 1 heterocycles. The summed E-state index contributed by atoms with van der Waals surface area (Å²) in [5.41, 5.74) is 10.4.